The summed E-state index contributed by atoms with van der Waals surface area (Å²) in [6, 6.07) is 9.00. The van der Waals surface area contributed by atoms with Crippen LogP contribution in [0.3, 0.4) is 0 Å². The van der Waals surface area contributed by atoms with Crippen molar-refractivity contribution >= 4 is 5.78 Å². The molecule has 1 aromatic carbocycles. The molecule has 0 saturated heterocycles. The lowest BCUT2D eigenvalue weighted by molar-refractivity contribution is 0.103. The van der Waals surface area contributed by atoms with E-state index in [9.17, 15) is 20.0 Å². The Morgan fingerprint density at radius 1 is 1.24 bits per heavy atom. The minimum atomic E-state index is -0.584. The number of aromatic hydroxyl groups is 1. The highest BCUT2D eigenvalue weighted by Gasteiger charge is 2.24. The molecule has 0 aliphatic rings. The standard InChI is InChI=1S/C20H22N2O3/c1-6-22-18(24)15(11-21)12(2)16(19(22)25)17(23)13-7-9-14(10-8-13)20(3,4)5/h7-10,25H,6H2,1-5H3. The first-order chi connectivity index (χ1) is 11.6. The molecule has 5 heteroatoms. The highest BCUT2D eigenvalue weighted by atomic mass is 16.3. The summed E-state index contributed by atoms with van der Waals surface area (Å²) >= 11 is 0. The fourth-order valence-corrected chi connectivity index (χ4v) is 2.78. The van der Waals surface area contributed by atoms with Crippen molar-refractivity contribution < 1.29 is 9.90 Å². The molecule has 1 aromatic heterocycles. The number of aromatic nitrogens is 1. The molecular weight excluding hydrogens is 316 g/mol. The number of hydrogen-bond donors (Lipinski definition) is 1. The summed E-state index contributed by atoms with van der Waals surface area (Å²) < 4.78 is 1.04. The largest absolute Gasteiger partial charge is 0.494 e. The molecule has 0 radical (unpaired) electrons. The van der Waals surface area contributed by atoms with Gasteiger partial charge >= 0.3 is 0 Å². The van der Waals surface area contributed by atoms with Gasteiger partial charge in [0.25, 0.3) is 5.56 Å². The van der Waals surface area contributed by atoms with Gasteiger partial charge in [-0.2, -0.15) is 5.26 Å². The van der Waals surface area contributed by atoms with Crippen molar-refractivity contribution in [2.75, 3.05) is 0 Å². The number of hydrogen-bond acceptors (Lipinski definition) is 4. The second-order valence-corrected chi connectivity index (χ2v) is 7.02. The van der Waals surface area contributed by atoms with E-state index in [0.29, 0.717) is 5.56 Å². The Morgan fingerprint density at radius 2 is 1.80 bits per heavy atom. The number of carbonyl (C=O) groups is 1. The molecule has 0 fully saturated rings. The molecule has 0 atom stereocenters. The fraction of sp³-hybridized carbons (Fsp3) is 0.350. The number of ketones is 1. The maximum Gasteiger partial charge on any atom is 0.271 e. The van der Waals surface area contributed by atoms with E-state index in [2.05, 4.69) is 20.8 Å². The van der Waals surface area contributed by atoms with Crippen LogP contribution in [-0.2, 0) is 12.0 Å². The molecule has 0 aliphatic heterocycles. The van der Waals surface area contributed by atoms with Gasteiger partial charge in [0.1, 0.15) is 11.6 Å². The van der Waals surface area contributed by atoms with Gasteiger partial charge in [-0.25, -0.2) is 0 Å². The Morgan fingerprint density at radius 3 is 2.24 bits per heavy atom. The zero-order valence-corrected chi connectivity index (χ0v) is 15.2. The van der Waals surface area contributed by atoms with Crippen LogP contribution < -0.4 is 5.56 Å². The molecule has 0 saturated carbocycles. The van der Waals surface area contributed by atoms with Gasteiger partial charge in [0.05, 0.1) is 5.56 Å². The van der Waals surface area contributed by atoms with Crippen LogP contribution in [0.5, 0.6) is 5.88 Å². The molecule has 0 unspecified atom stereocenters. The maximum atomic E-state index is 12.9. The minimum absolute atomic E-state index is 0.00140. The van der Waals surface area contributed by atoms with Gasteiger partial charge in [0.2, 0.25) is 5.88 Å². The van der Waals surface area contributed by atoms with Crippen molar-refractivity contribution in [3.05, 3.63) is 62.4 Å². The van der Waals surface area contributed by atoms with E-state index < -0.39 is 17.2 Å². The monoisotopic (exact) mass is 338 g/mol. The topological polar surface area (TPSA) is 83.1 Å². The van der Waals surface area contributed by atoms with Gasteiger partial charge in [-0.1, -0.05) is 45.0 Å². The van der Waals surface area contributed by atoms with Crippen molar-refractivity contribution in [3.8, 4) is 11.9 Å². The van der Waals surface area contributed by atoms with Crippen molar-refractivity contribution in [1.29, 1.82) is 5.26 Å². The summed E-state index contributed by atoms with van der Waals surface area (Å²) in [6.07, 6.45) is 0. The molecule has 130 valence electrons. The van der Waals surface area contributed by atoms with Gasteiger partial charge in [-0.3, -0.25) is 14.2 Å². The Kier molecular flexibility index (Phi) is 4.85. The van der Waals surface area contributed by atoms with Crippen LogP contribution in [0.2, 0.25) is 0 Å². The Labute approximate surface area is 147 Å². The van der Waals surface area contributed by atoms with Crippen LogP contribution in [0.4, 0.5) is 0 Å². The summed E-state index contributed by atoms with van der Waals surface area (Å²) in [7, 11) is 0. The average Bonchev–Trinajstić information content (AvgIpc) is 2.55. The zero-order valence-electron chi connectivity index (χ0n) is 15.2. The zero-order chi connectivity index (χ0) is 18.9. The Bertz CT molecular complexity index is 924. The maximum absolute atomic E-state index is 12.9. The summed E-state index contributed by atoms with van der Waals surface area (Å²) in [5, 5.41) is 19.7. The van der Waals surface area contributed by atoms with E-state index >= 15 is 0 Å². The minimum Gasteiger partial charge on any atom is -0.494 e. The third-order valence-electron chi connectivity index (χ3n) is 4.36. The van der Waals surface area contributed by atoms with Gasteiger partial charge in [-0.15, -0.1) is 0 Å². The van der Waals surface area contributed by atoms with Crippen LogP contribution in [0.25, 0.3) is 0 Å². The first-order valence-corrected chi connectivity index (χ1v) is 8.15. The molecule has 0 amide bonds. The number of pyridine rings is 1. The molecule has 0 spiro atoms. The highest BCUT2D eigenvalue weighted by molar-refractivity contribution is 6.11. The quantitative estimate of drug-likeness (QED) is 0.871. The molecular formula is C20H22N2O3. The van der Waals surface area contributed by atoms with Crippen LogP contribution in [0, 0.1) is 18.3 Å². The SMILES string of the molecule is CCn1c(O)c(C(=O)c2ccc(C(C)(C)C)cc2)c(C)c(C#N)c1=O. The molecule has 2 rings (SSSR count). The van der Waals surface area contributed by atoms with Crippen molar-refractivity contribution in [3.63, 3.8) is 0 Å². The van der Waals surface area contributed by atoms with E-state index in [1.807, 2.05) is 18.2 Å². The summed E-state index contributed by atoms with van der Waals surface area (Å²) in [6.45, 7) is 9.59. The Hall–Kier alpha value is -2.87. The van der Waals surface area contributed by atoms with Gasteiger partial charge in [0.15, 0.2) is 5.78 Å². The summed E-state index contributed by atoms with van der Waals surface area (Å²) in [4.78, 5) is 25.1. The van der Waals surface area contributed by atoms with E-state index in [1.54, 1.807) is 19.1 Å². The van der Waals surface area contributed by atoms with Crippen molar-refractivity contribution in [2.24, 2.45) is 0 Å². The first kappa shape index (κ1) is 18.5. The molecule has 1 heterocycles. The number of carbonyl (C=O) groups excluding carboxylic acids is 1. The molecule has 25 heavy (non-hydrogen) atoms. The van der Waals surface area contributed by atoms with Crippen LogP contribution in [-0.4, -0.2) is 15.5 Å². The lowest BCUT2D eigenvalue weighted by atomic mass is 9.86. The third-order valence-corrected chi connectivity index (χ3v) is 4.36. The number of benzene rings is 1. The number of rotatable bonds is 3. The second kappa shape index (κ2) is 6.56. The van der Waals surface area contributed by atoms with E-state index in [0.717, 1.165) is 10.1 Å². The summed E-state index contributed by atoms with van der Waals surface area (Å²) in [5.41, 5.74) is 0.955. The molecule has 2 aromatic rings. The Balaban J connectivity index is 2.64. The second-order valence-electron chi connectivity index (χ2n) is 7.02. The third kappa shape index (κ3) is 3.20. The molecule has 5 nitrogen and oxygen atoms in total. The number of nitriles is 1. The summed E-state index contributed by atoms with van der Waals surface area (Å²) in [5.74, 6) is -0.803. The fourth-order valence-electron chi connectivity index (χ4n) is 2.78. The van der Waals surface area contributed by atoms with Gasteiger partial charge < -0.3 is 5.11 Å². The average molecular weight is 338 g/mol. The smallest absolute Gasteiger partial charge is 0.271 e. The van der Waals surface area contributed by atoms with Crippen LogP contribution in [0.1, 0.15) is 60.3 Å². The van der Waals surface area contributed by atoms with Crippen LogP contribution in [0.15, 0.2) is 29.1 Å². The van der Waals surface area contributed by atoms with Crippen molar-refractivity contribution in [2.45, 2.75) is 46.6 Å². The normalized spacial score (nSPS) is 11.2. The number of nitrogens with zero attached hydrogens (tertiary/aromatic N) is 2. The van der Waals surface area contributed by atoms with E-state index in [-0.39, 0.29) is 28.7 Å². The lowest BCUT2D eigenvalue weighted by Crippen LogP contribution is -2.26. The van der Waals surface area contributed by atoms with E-state index in [4.69, 9.17) is 0 Å². The predicted octanol–water partition coefficient (Wildman–Crippen LogP) is 3.28. The molecule has 1 N–H and O–H groups in total. The van der Waals surface area contributed by atoms with Gasteiger partial charge in [0, 0.05) is 12.1 Å². The van der Waals surface area contributed by atoms with Gasteiger partial charge in [-0.05, 0) is 30.4 Å². The molecule has 0 aliphatic carbocycles. The predicted molar refractivity (Wildman–Crippen MR) is 96.1 cm³/mol. The first-order valence-electron chi connectivity index (χ1n) is 8.15. The van der Waals surface area contributed by atoms with Crippen LogP contribution >= 0.6 is 0 Å². The molecule has 0 bridgehead atoms. The lowest BCUT2D eigenvalue weighted by Gasteiger charge is -2.19. The highest BCUT2D eigenvalue weighted by Crippen LogP contribution is 2.27. The van der Waals surface area contributed by atoms with E-state index in [1.165, 1.54) is 6.92 Å². The van der Waals surface area contributed by atoms with Crippen molar-refractivity contribution in [1.82, 2.24) is 4.57 Å².